The second-order valence-electron chi connectivity index (χ2n) is 8.16. The Morgan fingerprint density at radius 2 is 1.75 bits per heavy atom. The molecule has 0 radical (unpaired) electrons. The highest BCUT2D eigenvalue weighted by atomic mass is 35.5. The highest BCUT2D eigenvalue weighted by Crippen LogP contribution is 2.35. The SMILES string of the molecule is [C-]#[N+]c1nc(C(C)(F)F)ccc1Cn1nc2c(-c3ccncc3)c(-c3ccc(Cl)cc3)ccn2c1=O. The molecule has 0 fully saturated rings. The summed E-state index contributed by atoms with van der Waals surface area (Å²) in [6.07, 6.45) is 4.93. The van der Waals surface area contributed by atoms with Crippen LogP contribution in [-0.2, 0) is 12.5 Å². The molecule has 0 N–H and O–H groups in total. The van der Waals surface area contributed by atoms with Crippen molar-refractivity contribution >= 4 is 23.1 Å². The molecule has 0 saturated carbocycles. The van der Waals surface area contributed by atoms with Crippen LogP contribution in [0.2, 0.25) is 5.02 Å². The Hall–Kier alpha value is -4.42. The zero-order chi connectivity index (χ0) is 25.4. The van der Waals surface area contributed by atoms with Gasteiger partial charge in [-0.15, -0.1) is 10.1 Å². The van der Waals surface area contributed by atoms with Crippen LogP contribution in [0.15, 0.2) is 78.0 Å². The number of nitrogens with zero attached hydrogens (tertiary/aromatic N) is 6. The van der Waals surface area contributed by atoms with Crippen molar-refractivity contribution in [2.24, 2.45) is 0 Å². The van der Waals surface area contributed by atoms with Gasteiger partial charge in [-0.3, -0.25) is 4.98 Å². The fourth-order valence-electron chi connectivity index (χ4n) is 3.96. The van der Waals surface area contributed by atoms with E-state index in [2.05, 4.69) is 19.9 Å². The monoisotopic (exact) mass is 502 g/mol. The van der Waals surface area contributed by atoms with E-state index < -0.39 is 17.3 Å². The Labute approximate surface area is 209 Å². The number of pyridine rings is 3. The van der Waals surface area contributed by atoms with Gasteiger partial charge in [-0.1, -0.05) is 36.4 Å². The standard InChI is InChI=1S/C26H17ClF2N6O/c1-26(28,29)21-8-5-18(23(30-2)32-21)15-35-25(36)34-14-11-20(16-3-6-19(27)7-4-16)22(24(34)33-35)17-9-12-31-13-10-17/h3-14H,15H2,1H3. The highest BCUT2D eigenvalue weighted by Gasteiger charge is 2.30. The molecule has 0 bridgehead atoms. The molecule has 1 aromatic carbocycles. The zero-order valence-electron chi connectivity index (χ0n) is 18.9. The normalized spacial score (nSPS) is 11.5. The summed E-state index contributed by atoms with van der Waals surface area (Å²) in [7, 11) is 0. The van der Waals surface area contributed by atoms with Gasteiger partial charge in [-0.05, 0) is 58.7 Å². The molecular formula is C26H17ClF2N6O. The van der Waals surface area contributed by atoms with Crippen LogP contribution < -0.4 is 5.69 Å². The highest BCUT2D eigenvalue weighted by molar-refractivity contribution is 6.30. The molecule has 0 aliphatic carbocycles. The minimum Gasteiger partial charge on any atom is -0.360 e. The lowest BCUT2D eigenvalue weighted by molar-refractivity contribution is 0.0129. The average Bonchev–Trinajstić information content (AvgIpc) is 3.19. The molecule has 0 atom stereocenters. The molecule has 0 saturated heterocycles. The lowest BCUT2D eigenvalue weighted by atomic mass is 9.96. The first-order valence-electron chi connectivity index (χ1n) is 10.8. The maximum Gasteiger partial charge on any atom is 0.350 e. The van der Waals surface area contributed by atoms with E-state index in [0.29, 0.717) is 28.7 Å². The van der Waals surface area contributed by atoms with Gasteiger partial charge in [0.25, 0.3) is 5.82 Å². The number of fused-ring (bicyclic) bond motifs is 1. The van der Waals surface area contributed by atoms with Gasteiger partial charge >= 0.3 is 11.6 Å². The second-order valence-corrected chi connectivity index (χ2v) is 8.60. The lowest BCUT2D eigenvalue weighted by Crippen LogP contribution is -2.22. The van der Waals surface area contributed by atoms with Crippen molar-refractivity contribution < 1.29 is 8.78 Å². The molecule has 4 heterocycles. The van der Waals surface area contributed by atoms with Crippen LogP contribution in [0.3, 0.4) is 0 Å². The minimum absolute atomic E-state index is 0.104. The van der Waals surface area contributed by atoms with Crippen LogP contribution in [0.1, 0.15) is 18.2 Å². The first-order chi connectivity index (χ1) is 17.3. The molecule has 5 aromatic rings. The van der Waals surface area contributed by atoms with E-state index in [-0.39, 0.29) is 12.4 Å². The molecule has 0 unspecified atom stereocenters. The summed E-state index contributed by atoms with van der Waals surface area (Å²) in [6, 6.07) is 15.3. The third-order valence-corrected chi connectivity index (χ3v) is 5.96. The predicted octanol–water partition coefficient (Wildman–Crippen LogP) is 5.98. The molecule has 36 heavy (non-hydrogen) atoms. The average molecular weight is 503 g/mol. The minimum atomic E-state index is -3.19. The van der Waals surface area contributed by atoms with Gasteiger partial charge < -0.3 is 4.85 Å². The number of alkyl halides is 2. The van der Waals surface area contributed by atoms with Gasteiger partial charge in [0.05, 0.1) is 6.54 Å². The van der Waals surface area contributed by atoms with Crippen molar-refractivity contribution in [2.45, 2.75) is 19.4 Å². The summed E-state index contributed by atoms with van der Waals surface area (Å²) in [5.41, 5.74) is 2.99. The number of benzene rings is 1. The lowest BCUT2D eigenvalue weighted by Gasteiger charge is -2.11. The quantitative estimate of drug-likeness (QED) is 0.277. The molecule has 5 rings (SSSR count). The van der Waals surface area contributed by atoms with Gasteiger partial charge in [-0.25, -0.2) is 13.9 Å². The predicted molar refractivity (Wildman–Crippen MR) is 132 cm³/mol. The molecule has 0 spiro atoms. The Morgan fingerprint density at radius 1 is 1.03 bits per heavy atom. The topological polar surface area (TPSA) is 69.4 Å². The number of halogens is 3. The molecule has 0 aliphatic heterocycles. The van der Waals surface area contributed by atoms with Gasteiger partial charge in [0, 0.05) is 36.1 Å². The van der Waals surface area contributed by atoms with Crippen LogP contribution in [0.5, 0.6) is 0 Å². The summed E-state index contributed by atoms with van der Waals surface area (Å²) in [4.78, 5) is 24.4. The Balaban J connectivity index is 1.68. The van der Waals surface area contributed by atoms with Gasteiger partial charge in [0.1, 0.15) is 0 Å². The fraction of sp³-hybridized carbons (Fsp3) is 0.115. The maximum atomic E-state index is 13.7. The third kappa shape index (κ3) is 4.23. The van der Waals surface area contributed by atoms with Crippen LogP contribution in [-0.4, -0.2) is 24.1 Å². The van der Waals surface area contributed by atoms with E-state index in [4.69, 9.17) is 18.2 Å². The van der Waals surface area contributed by atoms with Crippen molar-refractivity contribution in [1.82, 2.24) is 24.1 Å². The molecule has 178 valence electrons. The summed E-state index contributed by atoms with van der Waals surface area (Å²) in [5.74, 6) is -3.38. The van der Waals surface area contributed by atoms with Gasteiger partial charge in [0.2, 0.25) is 5.69 Å². The fourth-order valence-corrected chi connectivity index (χ4v) is 4.08. The van der Waals surface area contributed by atoms with Crippen molar-refractivity contribution in [2.75, 3.05) is 0 Å². The third-order valence-electron chi connectivity index (χ3n) is 5.71. The van der Waals surface area contributed by atoms with E-state index in [1.165, 1.54) is 15.1 Å². The first-order valence-corrected chi connectivity index (χ1v) is 11.2. The summed E-state index contributed by atoms with van der Waals surface area (Å²) >= 11 is 6.07. The molecule has 0 amide bonds. The number of hydrogen-bond donors (Lipinski definition) is 0. The number of rotatable bonds is 5. The summed E-state index contributed by atoms with van der Waals surface area (Å²) in [6.45, 7) is 8.00. The number of hydrogen-bond acceptors (Lipinski definition) is 4. The van der Waals surface area contributed by atoms with Crippen molar-refractivity contribution in [3.63, 3.8) is 0 Å². The molecule has 10 heteroatoms. The van der Waals surface area contributed by atoms with E-state index >= 15 is 0 Å². The van der Waals surface area contributed by atoms with Crippen LogP contribution >= 0.6 is 11.6 Å². The molecular weight excluding hydrogens is 486 g/mol. The Bertz CT molecular complexity index is 1680. The van der Waals surface area contributed by atoms with E-state index in [0.717, 1.165) is 22.8 Å². The smallest absolute Gasteiger partial charge is 0.350 e. The van der Waals surface area contributed by atoms with Crippen molar-refractivity contribution in [1.29, 1.82) is 0 Å². The van der Waals surface area contributed by atoms with Gasteiger partial charge in [-0.2, -0.15) is 8.78 Å². The Morgan fingerprint density at radius 3 is 2.42 bits per heavy atom. The zero-order valence-corrected chi connectivity index (χ0v) is 19.6. The summed E-state index contributed by atoms with van der Waals surface area (Å²) < 4.78 is 30.0. The Kier molecular flexibility index (Phi) is 5.82. The van der Waals surface area contributed by atoms with Crippen molar-refractivity contribution in [3.8, 4) is 22.3 Å². The van der Waals surface area contributed by atoms with Crippen LogP contribution in [0.4, 0.5) is 14.6 Å². The molecule has 0 aliphatic rings. The van der Waals surface area contributed by atoms with E-state index in [1.54, 1.807) is 30.7 Å². The van der Waals surface area contributed by atoms with Crippen LogP contribution in [0, 0.1) is 6.57 Å². The largest absolute Gasteiger partial charge is 0.360 e. The molecule has 7 nitrogen and oxygen atoms in total. The molecule has 4 aromatic heterocycles. The second kappa shape index (κ2) is 8.98. The van der Waals surface area contributed by atoms with Crippen LogP contribution in [0.25, 0.3) is 32.7 Å². The van der Waals surface area contributed by atoms with E-state index in [9.17, 15) is 13.6 Å². The maximum absolute atomic E-state index is 13.7. The first kappa shape index (κ1) is 23.3. The van der Waals surface area contributed by atoms with Crippen molar-refractivity contribution in [3.05, 3.63) is 111 Å². The number of aromatic nitrogens is 5. The van der Waals surface area contributed by atoms with Gasteiger partial charge in [0.15, 0.2) is 5.65 Å². The summed E-state index contributed by atoms with van der Waals surface area (Å²) in [5, 5.41) is 5.17. The van der Waals surface area contributed by atoms with E-state index in [1.807, 2.05) is 30.3 Å².